The molecule has 1 N–H and O–H groups in total. The van der Waals surface area contributed by atoms with Crippen molar-refractivity contribution in [3.63, 3.8) is 0 Å². The van der Waals surface area contributed by atoms with E-state index in [1.165, 1.54) is 18.4 Å². The van der Waals surface area contributed by atoms with Gasteiger partial charge in [0.2, 0.25) is 0 Å². The predicted octanol–water partition coefficient (Wildman–Crippen LogP) is 3.25. The highest BCUT2D eigenvalue weighted by Gasteiger charge is 2.21. The van der Waals surface area contributed by atoms with Crippen molar-refractivity contribution in [3.8, 4) is 0 Å². The molecule has 0 bridgehead atoms. The van der Waals surface area contributed by atoms with E-state index in [1.54, 1.807) is 12.1 Å². The summed E-state index contributed by atoms with van der Waals surface area (Å²) in [6, 6.07) is 7.24. The maximum absolute atomic E-state index is 10.8. The van der Waals surface area contributed by atoms with Crippen molar-refractivity contribution in [1.29, 1.82) is 0 Å². The standard InChI is InChI=1S/C16H23NO2/c1-12(2)14-7-9-17(10-8-14)11-13-3-5-15(6-4-13)16(18)19/h3-6,12,14H,7-11H2,1-2H3,(H,18,19). The molecule has 0 saturated carbocycles. The first-order valence-electron chi connectivity index (χ1n) is 7.11. The van der Waals surface area contributed by atoms with Crippen molar-refractivity contribution >= 4 is 5.97 Å². The Kier molecular flexibility index (Phi) is 4.59. The zero-order chi connectivity index (χ0) is 13.8. The molecule has 1 saturated heterocycles. The van der Waals surface area contributed by atoms with E-state index in [-0.39, 0.29) is 0 Å². The molecule has 1 aliphatic heterocycles. The number of carboxylic acid groups (broad SMARTS) is 1. The summed E-state index contributed by atoms with van der Waals surface area (Å²) in [5, 5.41) is 8.87. The first-order valence-corrected chi connectivity index (χ1v) is 7.11. The van der Waals surface area contributed by atoms with Gasteiger partial charge in [-0.05, 0) is 55.5 Å². The lowest BCUT2D eigenvalue weighted by atomic mass is 9.86. The molecule has 0 aromatic heterocycles. The Morgan fingerprint density at radius 3 is 2.32 bits per heavy atom. The van der Waals surface area contributed by atoms with E-state index in [0.717, 1.165) is 31.5 Å². The minimum Gasteiger partial charge on any atom is -0.478 e. The zero-order valence-corrected chi connectivity index (χ0v) is 11.8. The molecule has 1 fully saturated rings. The van der Waals surface area contributed by atoms with Gasteiger partial charge in [-0.15, -0.1) is 0 Å². The molecule has 0 radical (unpaired) electrons. The number of hydrogen-bond acceptors (Lipinski definition) is 2. The summed E-state index contributed by atoms with van der Waals surface area (Å²) in [4.78, 5) is 13.3. The molecular formula is C16H23NO2. The lowest BCUT2D eigenvalue weighted by Crippen LogP contribution is -2.34. The second-order valence-corrected chi connectivity index (χ2v) is 5.86. The van der Waals surface area contributed by atoms with Crippen LogP contribution >= 0.6 is 0 Å². The second-order valence-electron chi connectivity index (χ2n) is 5.86. The number of likely N-dealkylation sites (tertiary alicyclic amines) is 1. The monoisotopic (exact) mass is 261 g/mol. The maximum atomic E-state index is 10.8. The van der Waals surface area contributed by atoms with Gasteiger partial charge in [-0.25, -0.2) is 4.79 Å². The van der Waals surface area contributed by atoms with Crippen molar-refractivity contribution in [2.75, 3.05) is 13.1 Å². The fourth-order valence-corrected chi connectivity index (χ4v) is 2.79. The Morgan fingerprint density at radius 2 is 1.84 bits per heavy atom. The molecule has 0 atom stereocenters. The van der Waals surface area contributed by atoms with E-state index in [1.807, 2.05) is 12.1 Å². The number of carboxylic acids is 1. The van der Waals surface area contributed by atoms with Gasteiger partial charge in [0.15, 0.2) is 0 Å². The number of carbonyl (C=O) groups is 1. The quantitative estimate of drug-likeness (QED) is 0.904. The summed E-state index contributed by atoms with van der Waals surface area (Å²) in [5.74, 6) is 0.798. The fraction of sp³-hybridized carbons (Fsp3) is 0.562. The van der Waals surface area contributed by atoms with E-state index in [0.29, 0.717) is 5.56 Å². The average molecular weight is 261 g/mol. The molecule has 3 nitrogen and oxygen atoms in total. The number of piperidine rings is 1. The van der Waals surface area contributed by atoms with Gasteiger partial charge in [-0.1, -0.05) is 26.0 Å². The number of hydrogen-bond donors (Lipinski definition) is 1. The van der Waals surface area contributed by atoms with Crippen LogP contribution < -0.4 is 0 Å². The van der Waals surface area contributed by atoms with Crippen molar-refractivity contribution in [2.45, 2.75) is 33.2 Å². The van der Waals surface area contributed by atoms with Gasteiger partial charge in [-0.2, -0.15) is 0 Å². The van der Waals surface area contributed by atoms with Crippen LogP contribution in [-0.2, 0) is 6.54 Å². The highest BCUT2D eigenvalue weighted by atomic mass is 16.4. The highest BCUT2D eigenvalue weighted by Crippen LogP contribution is 2.25. The van der Waals surface area contributed by atoms with Crippen LogP contribution in [0.5, 0.6) is 0 Å². The van der Waals surface area contributed by atoms with Crippen molar-refractivity contribution in [1.82, 2.24) is 4.90 Å². The van der Waals surface area contributed by atoms with E-state index in [4.69, 9.17) is 5.11 Å². The van der Waals surface area contributed by atoms with Crippen molar-refractivity contribution in [2.24, 2.45) is 11.8 Å². The van der Waals surface area contributed by atoms with E-state index in [9.17, 15) is 4.79 Å². The van der Waals surface area contributed by atoms with Gasteiger partial charge in [0.05, 0.1) is 5.56 Å². The zero-order valence-electron chi connectivity index (χ0n) is 11.8. The lowest BCUT2D eigenvalue weighted by Gasteiger charge is -2.33. The van der Waals surface area contributed by atoms with Gasteiger partial charge in [0.25, 0.3) is 0 Å². The van der Waals surface area contributed by atoms with Crippen LogP contribution in [0.25, 0.3) is 0 Å². The smallest absolute Gasteiger partial charge is 0.335 e. The normalized spacial score (nSPS) is 17.8. The molecule has 104 valence electrons. The molecule has 1 aromatic rings. The molecule has 19 heavy (non-hydrogen) atoms. The molecule has 1 aliphatic rings. The molecule has 0 amide bonds. The number of benzene rings is 1. The Morgan fingerprint density at radius 1 is 1.26 bits per heavy atom. The number of rotatable bonds is 4. The third-order valence-corrected chi connectivity index (χ3v) is 4.18. The van der Waals surface area contributed by atoms with Crippen molar-refractivity contribution < 1.29 is 9.90 Å². The van der Waals surface area contributed by atoms with Gasteiger partial charge < -0.3 is 5.11 Å². The third-order valence-electron chi connectivity index (χ3n) is 4.18. The van der Waals surface area contributed by atoms with Crippen LogP contribution in [-0.4, -0.2) is 29.1 Å². The minimum absolute atomic E-state index is 0.363. The summed E-state index contributed by atoms with van der Waals surface area (Å²) in [5.41, 5.74) is 1.57. The Balaban J connectivity index is 1.87. The molecular weight excluding hydrogens is 238 g/mol. The Labute approximate surface area is 115 Å². The van der Waals surface area contributed by atoms with Gasteiger partial charge in [0, 0.05) is 6.54 Å². The van der Waals surface area contributed by atoms with Crippen LogP contribution in [0, 0.1) is 11.8 Å². The molecule has 1 aromatic carbocycles. The summed E-state index contributed by atoms with van der Waals surface area (Å²) in [7, 11) is 0. The molecule has 0 unspecified atom stereocenters. The topological polar surface area (TPSA) is 40.5 Å². The molecule has 2 rings (SSSR count). The summed E-state index contributed by atoms with van der Waals surface area (Å²) < 4.78 is 0. The molecule has 1 heterocycles. The third kappa shape index (κ3) is 3.80. The van der Waals surface area contributed by atoms with E-state index in [2.05, 4.69) is 18.7 Å². The highest BCUT2D eigenvalue weighted by molar-refractivity contribution is 5.87. The minimum atomic E-state index is -0.857. The molecule has 0 spiro atoms. The average Bonchev–Trinajstić information content (AvgIpc) is 2.40. The van der Waals surface area contributed by atoms with E-state index >= 15 is 0 Å². The fourth-order valence-electron chi connectivity index (χ4n) is 2.79. The summed E-state index contributed by atoms with van der Waals surface area (Å²) in [6.45, 7) is 7.87. The van der Waals surface area contributed by atoms with Gasteiger partial charge in [-0.3, -0.25) is 4.90 Å². The first-order chi connectivity index (χ1) is 9.06. The SMILES string of the molecule is CC(C)C1CCN(Cc2ccc(C(=O)O)cc2)CC1. The van der Waals surface area contributed by atoms with Gasteiger partial charge >= 0.3 is 5.97 Å². The lowest BCUT2D eigenvalue weighted by molar-refractivity contribution is 0.0697. The molecule has 0 aliphatic carbocycles. The predicted molar refractivity (Wildman–Crippen MR) is 76.2 cm³/mol. The first kappa shape index (κ1) is 14.1. The van der Waals surface area contributed by atoms with Crippen LogP contribution in [0.2, 0.25) is 0 Å². The van der Waals surface area contributed by atoms with Crippen LogP contribution in [0.1, 0.15) is 42.6 Å². The molecule has 3 heteroatoms. The van der Waals surface area contributed by atoms with Crippen LogP contribution in [0.15, 0.2) is 24.3 Å². The maximum Gasteiger partial charge on any atom is 0.335 e. The van der Waals surface area contributed by atoms with Crippen LogP contribution in [0.3, 0.4) is 0 Å². The summed E-state index contributed by atoms with van der Waals surface area (Å²) >= 11 is 0. The van der Waals surface area contributed by atoms with Gasteiger partial charge in [0.1, 0.15) is 0 Å². The number of nitrogens with zero attached hydrogens (tertiary/aromatic N) is 1. The Bertz CT molecular complexity index is 417. The Hall–Kier alpha value is -1.35. The number of aromatic carboxylic acids is 1. The van der Waals surface area contributed by atoms with Crippen molar-refractivity contribution in [3.05, 3.63) is 35.4 Å². The van der Waals surface area contributed by atoms with Crippen LogP contribution in [0.4, 0.5) is 0 Å². The second kappa shape index (κ2) is 6.20. The summed E-state index contributed by atoms with van der Waals surface area (Å²) in [6.07, 6.45) is 2.57. The van der Waals surface area contributed by atoms with E-state index < -0.39 is 5.97 Å². The largest absolute Gasteiger partial charge is 0.478 e.